The van der Waals surface area contributed by atoms with Crippen LogP contribution < -0.4 is 14.4 Å². The van der Waals surface area contributed by atoms with Crippen LogP contribution in [0.2, 0.25) is 0 Å². The molecule has 3 heteroatoms. The minimum absolute atomic E-state index is 0.813. The second-order valence-electron chi connectivity index (χ2n) is 4.92. The van der Waals surface area contributed by atoms with Crippen LogP contribution in [-0.2, 0) is 6.42 Å². The molecule has 2 rings (SSSR count). The summed E-state index contributed by atoms with van der Waals surface area (Å²) in [4.78, 5) is 2.09. The molecule has 0 radical (unpaired) electrons. The molecule has 2 aromatic rings. The molecule has 2 aromatic carbocycles. The van der Waals surface area contributed by atoms with Crippen molar-refractivity contribution in [3.63, 3.8) is 0 Å². The average molecular weight is 271 g/mol. The molecule has 0 saturated carbocycles. The number of anilines is 1. The summed E-state index contributed by atoms with van der Waals surface area (Å²) in [6.45, 7) is 0. The fraction of sp³-hybridized carbons (Fsp3) is 0.294. The van der Waals surface area contributed by atoms with Gasteiger partial charge in [0, 0.05) is 32.3 Å². The van der Waals surface area contributed by atoms with Gasteiger partial charge in [-0.2, -0.15) is 0 Å². The van der Waals surface area contributed by atoms with Gasteiger partial charge in [-0.05, 0) is 29.3 Å². The number of rotatable bonds is 5. The molecule has 0 saturated heterocycles. The van der Waals surface area contributed by atoms with E-state index in [1.807, 2.05) is 26.2 Å². The molecular formula is C17H21NO2. The number of nitrogens with zero attached hydrogens (tertiary/aromatic N) is 1. The minimum atomic E-state index is 0.813. The van der Waals surface area contributed by atoms with E-state index in [-0.39, 0.29) is 0 Å². The SMILES string of the molecule is COc1ccc(Cc2ccc(N(C)C)cc2)c(OC)c1. The molecule has 0 heterocycles. The van der Waals surface area contributed by atoms with E-state index in [0.29, 0.717) is 0 Å². The Kier molecular flexibility index (Phi) is 4.51. The smallest absolute Gasteiger partial charge is 0.126 e. The third kappa shape index (κ3) is 3.23. The van der Waals surface area contributed by atoms with E-state index in [0.717, 1.165) is 23.5 Å². The van der Waals surface area contributed by atoms with Gasteiger partial charge in [-0.15, -0.1) is 0 Å². The predicted molar refractivity (Wildman–Crippen MR) is 83.1 cm³/mol. The second kappa shape index (κ2) is 6.33. The quantitative estimate of drug-likeness (QED) is 0.832. The number of methoxy groups -OCH3 is 2. The summed E-state index contributed by atoms with van der Waals surface area (Å²) in [6, 6.07) is 14.5. The highest BCUT2D eigenvalue weighted by Crippen LogP contribution is 2.27. The first-order chi connectivity index (χ1) is 9.63. The van der Waals surface area contributed by atoms with Crippen molar-refractivity contribution in [3.05, 3.63) is 53.6 Å². The molecule has 0 atom stereocenters. The first-order valence-corrected chi connectivity index (χ1v) is 6.61. The molecule has 0 unspecified atom stereocenters. The molecule has 0 fully saturated rings. The van der Waals surface area contributed by atoms with Crippen molar-refractivity contribution < 1.29 is 9.47 Å². The molecule has 0 aliphatic rings. The molecule has 106 valence electrons. The molecule has 0 bridgehead atoms. The zero-order valence-corrected chi connectivity index (χ0v) is 12.5. The highest BCUT2D eigenvalue weighted by atomic mass is 16.5. The molecular weight excluding hydrogens is 250 g/mol. The van der Waals surface area contributed by atoms with Crippen LogP contribution in [0.1, 0.15) is 11.1 Å². The second-order valence-corrected chi connectivity index (χ2v) is 4.92. The summed E-state index contributed by atoms with van der Waals surface area (Å²) in [5.74, 6) is 1.68. The van der Waals surface area contributed by atoms with Crippen LogP contribution >= 0.6 is 0 Å². The number of benzene rings is 2. The molecule has 0 aliphatic carbocycles. The Balaban J connectivity index is 2.20. The van der Waals surface area contributed by atoms with Crippen molar-refractivity contribution in [3.8, 4) is 11.5 Å². The first-order valence-electron chi connectivity index (χ1n) is 6.61. The lowest BCUT2D eigenvalue weighted by atomic mass is 10.0. The molecule has 3 nitrogen and oxygen atoms in total. The Morgan fingerprint density at radius 3 is 2.15 bits per heavy atom. The monoisotopic (exact) mass is 271 g/mol. The normalized spacial score (nSPS) is 10.2. The summed E-state index contributed by atoms with van der Waals surface area (Å²) in [6.07, 6.45) is 0.848. The molecule has 0 aliphatic heterocycles. The van der Waals surface area contributed by atoms with Gasteiger partial charge in [-0.3, -0.25) is 0 Å². The van der Waals surface area contributed by atoms with Crippen molar-refractivity contribution in [1.82, 2.24) is 0 Å². The van der Waals surface area contributed by atoms with Crippen LogP contribution in [0.3, 0.4) is 0 Å². The Morgan fingerprint density at radius 2 is 1.60 bits per heavy atom. The zero-order valence-electron chi connectivity index (χ0n) is 12.5. The summed E-state index contributed by atoms with van der Waals surface area (Å²) in [5.41, 5.74) is 3.63. The van der Waals surface area contributed by atoms with Crippen LogP contribution in [0.4, 0.5) is 5.69 Å². The van der Waals surface area contributed by atoms with Crippen LogP contribution in [0.5, 0.6) is 11.5 Å². The standard InChI is InChI=1S/C17H21NO2/c1-18(2)15-8-5-13(6-9-15)11-14-7-10-16(19-3)12-17(14)20-4/h5-10,12H,11H2,1-4H3. The lowest BCUT2D eigenvalue weighted by Crippen LogP contribution is -2.08. The maximum Gasteiger partial charge on any atom is 0.126 e. The Hall–Kier alpha value is -2.16. The van der Waals surface area contributed by atoms with Crippen molar-refractivity contribution in [1.29, 1.82) is 0 Å². The van der Waals surface area contributed by atoms with E-state index >= 15 is 0 Å². The fourth-order valence-corrected chi connectivity index (χ4v) is 2.13. The Labute approximate surface area is 120 Å². The number of hydrogen-bond donors (Lipinski definition) is 0. The van der Waals surface area contributed by atoms with Crippen LogP contribution in [-0.4, -0.2) is 28.3 Å². The summed E-state index contributed by atoms with van der Waals surface area (Å²) >= 11 is 0. The molecule has 0 aromatic heterocycles. The highest BCUT2D eigenvalue weighted by Gasteiger charge is 2.06. The molecule has 0 amide bonds. The van der Waals surface area contributed by atoms with E-state index in [1.165, 1.54) is 11.3 Å². The first kappa shape index (κ1) is 14.3. The Bertz CT molecular complexity index is 562. The van der Waals surface area contributed by atoms with E-state index < -0.39 is 0 Å². The predicted octanol–water partition coefficient (Wildman–Crippen LogP) is 3.36. The van der Waals surface area contributed by atoms with E-state index in [2.05, 4.69) is 35.2 Å². The Morgan fingerprint density at radius 1 is 0.900 bits per heavy atom. The van der Waals surface area contributed by atoms with E-state index in [9.17, 15) is 0 Å². The van der Waals surface area contributed by atoms with Gasteiger partial charge in [-0.1, -0.05) is 18.2 Å². The van der Waals surface area contributed by atoms with Gasteiger partial charge in [0.15, 0.2) is 0 Å². The minimum Gasteiger partial charge on any atom is -0.497 e. The van der Waals surface area contributed by atoms with Crippen LogP contribution in [0.15, 0.2) is 42.5 Å². The number of hydrogen-bond acceptors (Lipinski definition) is 3. The maximum atomic E-state index is 5.43. The van der Waals surface area contributed by atoms with Gasteiger partial charge in [-0.25, -0.2) is 0 Å². The number of ether oxygens (including phenoxy) is 2. The van der Waals surface area contributed by atoms with Gasteiger partial charge >= 0.3 is 0 Å². The third-order valence-electron chi connectivity index (χ3n) is 3.34. The van der Waals surface area contributed by atoms with Crippen molar-refractivity contribution >= 4 is 5.69 Å². The van der Waals surface area contributed by atoms with Gasteiger partial charge < -0.3 is 14.4 Å². The molecule has 20 heavy (non-hydrogen) atoms. The lowest BCUT2D eigenvalue weighted by Gasteiger charge is -2.14. The van der Waals surface area contributed by atoms with Gasteiger partial charge in [0.1, 0.15) is 11.5 Å². The summed E-state index contributed by atoms with van der Waals surface area (Å²) in [5, 5.41) is 0. The third-order valence-corrected chi connectivity index (χ3v) is 3.34. The summed E-state index contributed by atoms with van der Waals surface area (Å²) < 4.78 is 10.7. The molecule has 0 N–H and O–H groups in total. The highest BCUT2D eigenvalue weighted by molar-refractivity contribution is 5.48. The maximum absolute atomic E-state index is 5.43. The van der Waals surface area contributed by atoms with Gasteiger partial charge in [0.2, 0.25) is 0 Å². The van der Waals surface area contributed by atoms with Crippen molar-refractivity contribution in [2.75, 3.05) is 33.2 Å². The zero-order chi connectivity index (χ0) is 14.5. The largest absolute Gasteiger partial charge is 0.497 e. The van der Waals surface area contributed by atoms with Crippen molar-refractivity contribution in [2.45, 2.75) is 6.42 Å². The summed E-state index contributed by atoms with van der Waals surface area (Å²) in [7, 11) is 7.44. The van der Waals surface area contributed by atoms with Crippen LogP contribution in [0.25, 0.3) is 0 Å². The van der Waals surface area contributed by atoms with Gasteiger partial charge in [0.05, 0.1) is 14.2 Å². The van der Waals surface area contributed by atoms with Gasteiger partial charge in [0.25, 0.3) is 0 Å². The fourth-order valence-electron chi connectivity index (χ4n) is 2.13. The average Bonchev–Trinajstić information content (AvgIpc) is 2.48. The van der Waals surface area contributed by atoms with Crippen LogP contribution in [0, 0.1) is 0 Å². The van der Waals surface area contributed by atoms with E-state index in [1.54, 1.807) is 14.2 Å². The lowest BCUT2D eigenvalue weighted by molar-refractivity contribution is 0.391. The van der Waals surface area contributed by atoms with Crippen molar-refractivity contribution in [2.24, 2.45) is 0 Å². The topological polar surface area (TPSA) is 21.7 Å². The van der Waals surface area contributed by atoms with E-state index in [4.69, 9.17) is 9.47 Å². The molecule has 0 spiro atoms.